The number of hydrogen-bond acceptors (Lipinski definition) is 2. The van der Waals surface area contributed by atoms with Crippen molar-refractivity contribution in [3.8, 4) is 0 Å². The summed E-state index contributed by atoms with van der Waals surface area (Å²) in [6.07, 6.45) is 0. The van der Waals surface area contributed by atoms with Crippen molar-refractivity contribution in [3.05, 3.63) is 29.0 Å². The Hall–Kier alpha value is -0.800. The molecule has 2 nitrogen and oxygen atoms in total. The Morgan fingerprint density at radius 3 is 3.00 bits per heavy atom. The molecule has 0 unspecified atom stereocenters. The van der Waals surface area contributed by atoms with E-state index in [1.165, 1.54) is 6.07 Å². The highest BCUT2D eigenvalue weighted by atomic mass is 35.5. The Morgan fingerprint density at radius 1 is 1.53 bits per heavy atom. The Kier molecular flexibility index (Phi) is 3.12. The second-order valence-electron chi connectivity index (χ2n) is 3.84. The highest BCUT2D eigenvalue weighted by Crippen LogP contribution is 2.24. The van der Waals surface area contributed by atoms with Crippen LogP contribution in [0.3, 0.4) is 0 Å². The number of anilines is 1. The molecule has 1 aromatic rings. The van der Waals surface area contributed by atoms with Gasteiger partial charge in [0, 0.05) is 30.7 Å². The quantitative estimate of drug-likeness (QED) is 0.794. The van der Waals surface area contributed by atoms with Crippen molar-refractivity contribution in [2.75, 3.05) is 24.5 Å². The lowest BCUT2D eigenvalue weighted by atomic mass is 10.1. The first-order chi connectivity index (χ1) is 7.18. The van der Waals surface area contributed by atoms with Crippen molar-refractivity contribution < 1.29 is 4.39 Å². The number of benzene rings is 1. The van der Waals surface area contributed by atoms with Crippen LogP contribution in [-0.4, -0.2) is 25.7 Å². The standard InChI is InChI=1S/C11H14ClFN2/c1-8-7-14-4-5-15(8)11-3-2-9(12)6-10(11)13/h2-3,6,8,14H,4-5,7H2,1H3/t8-/m0/s1. The predicted octanol–water partition coefficient (Wildman–Crippen LogP) is 2.28. The first kappa shape index (κ1) is 10.7. The minimum Gasteiger partial charge on any atom is -0.364 e. The second kappa shape index (κ2) is 4.37. The van der Waals surface area contributed by atoms with Gasteiger partial charge < -0.3 is 10.2 Å². The molecule has 1 aliphatic rings. The van der Waals surface area contributed by atoms with E-state index < -0.39 is 0 Å². The maximum absolute atomic E-state index is 13.7. The molecule has 0 bridgehead atoms. The third-order valence-corrected chi connectivity index (χ3v) is 2.96. The number of nitrogens with zero attached hydrogens (tertiary/aromatic N) is 1. The zero-order chi connectivity index (χ0) is 10.8. The molecule has 0 aliphatic carbocycles. The van der Waals surface area contributed by atoms with Crippen LogP contribution in [0.5, 0.6) is 0 Å². The lowest BCUT2D eigenvalue weighted by Crippen LogP contribution is -2.50. The molecule has 1 saturated heterocycles. The van der Waals surface area contributed by atoms with Crippen molar-refractivity contribution in [2.24, 2.45) is 0 Å². The van der Waals surface area contributed by atoms with Crippen LogP contribution in [0.1, 0.15) is 6.92 Å². The fourth-order valence-corrected chi connectivity index (χ4v) is 2.07. The molecule has 2 rings (SSSR count). The normalized spacial score (nSPS) is 21.8. The first-order valence-corrected chi connectivity index (χ1v) is 5.48. The Morgan fingerprint density at radius 2 is 2.33 bits per heavy atom. The maximum Gasteiger partial charge on any atom is 0.147 e. The summed E-state index contributed by atoms with van der Waals surface area (Å²) in [5, 5.41) is 3.72. The molecule has 1 N–H and O–H groups in total. The molecule has 0 saturated carbocycles. The van der Waals surface area contributed by atoms with Gasteiger partial charge in [-0.1, -0.05) is 11.6 Å². The number of hydrogen-bond donors (Lipinski definition) is 1. The van der Waals surface area contributed by atoms with Crippen molar-refractivity contribution in [3.63, 3.8) is 0 Å². The lowest BCUT2D eigenvalue weighted by Gasteiger charge is -2.36. The van der Waals surface area contributed by atoms with E-state index in [0.717, 1.165) is 19.6 Å². The van der Waals surface area contributed by atoms with Gasteiger partial charge in [-0.25, -0.2) is 4.39 Å². The van der Waals surface area contributed by atoms with Crippen LogP contribution in [0.2, 0.25) is 5.02 Å². The van der Waals surface area contributed by atoms with E-state index in [0.29, 0.717) is 16.8 Å². The average molecular weight is 229 g/mol. The molecule has 0 aromatic heterocycles. The van der Waals surface area contributed by atoms with Crippen molar-refractivity contribution in [2.45, 2.75) is 13.0 Å². The summed E-state index contributed by atoms with van der Waals surface area (Å²) in [5.41, 5.74) is 0.647. The highest BCUT2D eigenvalue weighted by Gasteiger charge is 2.20. The summed E-state index contributed by atoms with van der Waals surface area (Å²) >= 11 is 5.72. The van der Waals surface area contributed by atoms with Crippen LogP contribution < -0.4 is 10.2 Å². The smallest absolute Gasteiger partial charge is 0.147 e. The molecular weight excluding hydrogens is 215 g/mol. The van der Waals surface area contributed by atoms with Gasteiger partial charge >= 0.3 is 0 Å². The second-order valence-corrected chi connectivity index (χ2v) is 4.28. The summed E-state index contributed by atoms with van der Waals surface area (Å²) in [5.74, 6) is -0.240. The summed E-state index contributed by atoms with van der Waals surface area (Å²) in [6, 6.07) is 5.16. The fraction of sp³-hybridized carbons (Fsp3) is 0.455. The molecule has 15 heavy (non-hydrogen) atoms. The monoisotopic (exact) mass is 228 g/mol. The Bertz CT molecular complexity index is 356. The van der Waals surface area contributed by atoms with Crippen molar-refractivity contribution in [1.82, 2.24) is 5.32 Å². The summed E-state index contributed by atoms with van der Waals surface area (Å²) in [4.78, 5) is 2.07. The van der Waals surface area contributed by atoms with Crippen LogP contribution >= 0.6 is 11.6 Å². The zero-order valence-corrected chi connectivity index (χ0v) is 9.39. The zero-order valence-electron chi connectivity index (χ0n) is 8.63. The van der Waals surface area contributed by atoms with Crippen molar-refractivity contribution in [1.29, 1.82) is 0 Å². The van der Waals surface area contributed by atoms with Crippen LogP contribution in [0.15, 0.2) is 18.2 Å². The van der Waals surface area contributed by atoms with Crippen LogP contribution in [0.25, 0.3) is 0 Å². The van der Waals surface area contributed by atoms with E-state index >= 15 is 0 Å². The minimum absolute atomic E-state index is 0.240. The molecule has 1 aromatic carbocycles. The van der Waals surface area contributed by atoms with Crippen molar-refractivity contribution >= 4 is 17.3 Å². The van der Waals surface area contributed by atoms with Gasteiger partial charge in [-0.05, 0) is 25.1 Å². The fourth-order valence-electron chi connectivity index (χ4n) is 1.91. The van der Waals surface area contributed by atoms with E-state index in [2.05, 4.69) is 17.1 Å². The summed E-state index contributed by atoms with van der Waals surface area (Å²) < 4.78 is 13.7. The number of piperazine rings is 1. The number of nitrogens with one attached hydrogen (secondary N) is 1. The first-order valence-electron chi connectivity index (χ1n) is 5.11. The molecule has 0 radical (unpaired) electrons. The molecule has 0 spiro atoms. The van der Waals surface area contributed by atoms with E-state index in [-0.39, 0.29) is 5.82 Å². The molecule has 82 valence electrons. The molecule has 1 fully saturated rings. The maximum atomic E-state index is 13.7. The van der Waals surface area contributed by atoms with E-state index in [1.807, 2.05) is 0 Å². The molecule has 1 aliphatic heterocycles. The molecular formula is C11H14ClFN2. The van der Waals surface area contributed by atoms with Gasteiger partial charge in [-0.3, -0.25) is 0 Å². The summed E-state index contributed by atoms with van der Waals surface area (Å²) in [7, 11) is 0. The molecule has 1 atom stereocenters. The third kappa shape index (κ3) is 2.24. The largest absolute Gasteiger partial charge is 0.364 e. The van der Waals surface area contributed by atoms with Gasteiger partial charge in [-0.2, -0.15) is 0 Å². The van der Waals surface area contributed by atoms with E-state index in [1.54, 1.807) is 12.1 Å². The van der Waals surface area contributed by atoms with E-state index in [9.17, 15) is 4.39 Å². The number of rotatable bonds is 1. The molecule has 1 heterocycles. The van der Waals surface area contributed by atoms with Gasteiger partial charge in [0.2, 0.25) is 0 Å². The number of halogens is 2. The third-order valence-electron chi connectivity index (χ3n) is 2.72. The highest BCUT2D eigenvalue weighted by molar-refractivity contribution is 6.30. The van der Waals surface area contributed by atoms with Crippen LogP contribution in [-0.2, 0) is 0 Å². The molecule has 4 heteroatoms. The Balaban J connectivity index is 2.27. The van der Waals surface area contributed by atoms with Gasteiger partial charge in [0.05, 0.1) is 5.69 Å². The van der Waals surface area contributed by atoms with Crippen LogP contribution in [0, 0.1) is 5.82 Å². The van der Waals surface area contributed by atoms with Gasteiger partial charge in [0.25, 0.3) is 0 Å². The molecule has 0 amide bonds. The van der Waals surface area contributed by atoms with Gasteiger partial charge in [0.1, 0.15) is 5.82 Å². The SMILES string of the molecule is C[C@H]1CNCCN1c1ccc(Cl)cc1F. The van der Waals surface area contributed by atoms with Crippen LogP contribution in [0.4, 0.5) is 10.1 Å². The average Bonchev–Trinajstić information content (AvgIpc) is 2.20. The van der Waals surface area contributed by atoms with E-state index in [4.69, 9.17) is 11.6 Å². The Labute approximate surface area is 94.0 Å². The minimum atomic E-state index is -0.240. The lowest BCUT2D eigenvalue weighted by molar-refractivity contribution is 0.491. The van der Waals surface area contributed by atoms with Gasteiger partial charge in [0.15, 0.2) is 0 Å². The topological polar surface area (TPSA) is 15.3 Å². The van der Waals surface area contributed by atoms with Gasteiger partial charge in [-0.15, -0.1) is 0 Å². The summed E-state index contributed by atoms with van der Waals surface area (Å²) in [6.45, 7) is 4.70. The predicted molar refractivity (Wildman–Crippen MR) is 61.1 cm³/mol.